The molecule has 2 rings (SSSR count). The van der Waals surface area contributed by atoms with Gasteiger partial charge in [-0.2, -0.15) is 0 Å². The van der Waals surface area contributed by atoms with Crippen molar-refractivity contribution >= 4 is 0 Å². The van der Waals surface area contributed by atoms with E-state index in [4.69, 9.17) is 0 Å². The summed E-state index contributed by atoms with van der Waals surface area (Å²) in [7, 11) is 0. The molecule has 0 unspecified atom stereocenters. The fourth-order valence-corrected chi connectivity index (χ4v) is 2.12. The van der Waals surface area contributed by atoms with Gasteiger partial charge in [-0.3, -0.25) is 0 Å². The van der Waals surface area contributed by atoms with Gasteiger partial charge in [0, 0.05) is 13.1 Å². The van der Waals surface area contributed by atoms with E-state index in [-0.39, 0.29) is 6.61 Å². The zero-order valence-electron chi connectivity index (χ0n) is 11.4. The van der Waals surface area contributed by atoms with Gasteiger partial charge in [0.25, 0.3) is 0 Å². The molecule has 2 aromatic rings. The molecule has 0 aliphatic rings. The summed E-state index contributed by atoms with van der Waals surface area (Å²) in [6, 6.07) is 16.7. The van der Waals surface area contributed by atoms with E-state index in [1.165, 1.54) is 11.1 Å². The van der Waals surface area contributed by atoms with Crippen molar-refractivity contribution in [3.63, 3.8) is 0 Å². The standard InChI is InChI=1S/C17H21NO/c1-2-14-7-9-15(10-8-14)11-18-12-16-5-3-4-6-17(16)13-19/h3-10,18-19H,2,11-13H2,1H3. The molecule has 0 heterocycles. The molecule has 0 spiro atoms. The van der Waals surface area contributed by atoms with Crippen LogP contribution in [0.25, 0.3) is 0 Å². The second-order valence-electron chi connectivity index (χ2n) is 4.70. The minimum Gasteiger partial charge on any atom is -0.392 e. The van der Waals surface area contributed by atoms with Gasteiger partial charge in [0.15, 0.2) is 0 Å². The van der Waals surface area contributed by atoms with Crippen molar-refractivity contribution in [3.8, 4) is 0 Å². The molecule has 0 aliphatic carbocycles. The molecule has 2 nitrogen and oxygen atoms in total. The molecule has 0 radical (unpaired) electrons. The molecule has 0 aromatic heterocycles. The number of aliphatic hydroxyl groups is 1. The largest absolute Gasteiger partial charge is 0.392 e. The van der Waals surface area contributed by atoms with Gasteiger partial charge in [-0.1, -0.05) is 55.5 Å². The summed E-state index contributed by atoms with van der Waals surface area (Å²) < 4.78 is 0. The van der Waals surface area contributed by atoms with Gasteiger partial charge in [0.05, 0.1) is 6.61 Å². The van der Waals surface area contributed by atoms with Crippen LogP contribution in [0.1, 0.15) is 29.2 Å². The lowest BCUT2D eigenvalue weighted by atomic mass is 10.1. The number of nitrogens with one attached hydrogen (secondary N) is 1. The Bertz CT molecular complexity index is 505. The van der Waals surface area contributed by atoms with E-state index in [9.17, 15) is 5.11 Å². The highest BCUT2D eigenvalue weighted by atomic mass is 16.3. The van der Waals surface area contributed by atoms with Crippen LogP contribution >= 0.6 is 0 Å². The third kappa shape index (κ3) is 3.91. The first kappa shape index (κ1) is 13.8. The van der Waals surface area contributed by atoms with Crippen LogP contribution in [0.5, 0.6) is 0 Å². The zero-order valence-corrected chi connectivity index (χ0v) is 11.4. The molecule has 0 bridgehead atoms. The fourth-order valence-electron chi connectivity index (χ4n) is 2.12. The molecule has 2 aromatic carbocycles. The van der Waals surface area contributed by atoms with Gasteiger partial charge < -0.3 is 10.4 Å². The number of hydrogen-bond acceptors (Lipinski definition) is 2. The summed E-state index contributed by atoms with van der Waals surface area (Å²) in [5, 5.41) is 12.7. The van der Waals surface area contributed by atoms with Crippen LogP contribution in [0.3, 0.4) is 0 Å². The second kappa shape index (κ2) is 7.07. The van der Waals surface area contributed by atoms with Crippen LogP contribution in [0.2, 0.25) is 0 Å². The topological polar surface area (TPSA) is 32.3 Å². The molecule has 19 heavy (non-hydrogen) atoms. The lowest BCUT2D eigenvalue weighted by Gasteiger charge is -2.09. The molecule has 0 amide bonds. The highest BCUT2D eigenvalue weighted by Gasteiger charge is 2.00. The molecular weight excluding hydrogens is 234 g/mol. The first-order valence-electron chi connectivity index (χ1n) is 6.79. The van der Waals surface area contributed by atoms with Gasteiger partial charge in [-0.25, -0.2) is 0 Å². The van der Waals surface area contributed by atoms with Crippen molar-refractivity contribution in [1.82, 2.24) is 5.32 Å². The van der Waals surface area contributed by atoms with Crippen molar-refractivity contribution in [2.24, 2.45) is 0 Å². The molecule has 100 valence electrons. The van der Waals surface area contributed by atoms with E-state index in [0.717, 1.165) is 30.6 Å². The van der Waals surface area contributed by atoms with E-state index in [0.29, 0.717) is 0 Å². The lowest BCUT2D eigenvalue weighted by molar-refractivity contribution is 0.280. The quantitative estimate of drug-likeness (QED) is 0.831. The van der Waals surface area contributed by atoms with Gasteiger partial charge in [-0.05, 0) is 28.7 Å². The minimum atomic E-state index is 0.100. The smallest absolute Gasteiger partial charge is 0.0685 e. The van der Waals surface area contributed by atoms with Gasteiger partial charge >= 0.3 is 0 Å². The van der Waals surface area contributed by atoms with Gasteiger partial charge in [0.1, 0.15) is 0 Å². The Labute approximate surface area is 115 Å². The molecular formula is C17H21NO. The Morgan fingerprint density at radius 1 is 0.842 bits per heavy atom. The zero-order chi connectivity index (χ0) is 13.5. The number of hydrogen-bond donors (Lipinski definition) is 2. The van der Waals surface area contributed by atoms with E-state index in [2.05, 4.69) is 42.6 Å². The van der Waals surface area contributed by atoms with Crippen molar-refractivity contribution < 1.29 is 5.11 Å². The third-order valence-corrected chi connectivity index (χ3v) is 3.36. The predicted octanol–water partition coefficient (Wildman–Crippen LogP) is 3.03. The molecule has 0 saturated carbocycles. The Kier molecular flexibility index (Phi) is 5.13. The number of aliphatic hydroxyl groups excluding tert-OH is 1. The first-order valence-corrected chi connectivity index (χ1v) is 6.79. The average Bonchev–Trinajstić information content (AvgIpc) is 2.48. The van der Waals surface area contributed by atoms with E-state index in [1.807, 2.05) is 18.2 Å². The third-order valence-electron chi connectivity index (χ3n) is 3.36. The average molecular weight is 255 g/mol. The Morgan fingerprint density at radius 3 is 2.11 bits per heavy atom. The summed E-state index contributed by atoms with van der Waals surface area (Å²) in [5.74, 6) is 0. The van der Waals surface area contributed by atoms with Crippen LogP contribution in [0, 0.1) is 0 Å². The summed E-state index contributed by atoms with van der Waals surface area (Å²) >= 11 is 0. The van der Waals surface area contributed by atoms with Crippen molar-refractivity contribution in [3.05, 3.63) is 70.8 Å². The molecule has 0 atom stereocenters. The minimum absolute atomic E-state index is 0.100. The summed E-state index contributed by atoms with van der Waals surface area (Å²) in [6.45, 7) is 3.90. The normalized spacial score (nSPS) is 10.6. The van der Waals surface area contributed by atoms with Crippen molar-refractivity contribution in [1.29, 1.82) is 0 Å². The number of benzene rings is 2. The van der Waals surface area contributed by atoms with Crippen molar-refractivity contribution in [2.75, 3.05) is 0 Å². The monoisotopic (exact) mass is 255 g/mol. The van der Waals surface area contributed by atoms with Crippen LogP contribution in [-0.2, 0) is 26.1 Å². The van der Waals surface area contributed by atoms with Crippen LogP contribution < -0.4 is 5.32 Å². The SMILES string of the molecule is CCc1ccc(CNCc2ccccc2CO)cc1. The summed E-state index contributed by atoms with van der Waals surface area (Å²) in [5.41, 5.74) is 4.82. The second-order valence-corrected chi connectivity index (χ2v) is 4.70. The lowest BCUT2D eigenvalue weighted by Crippen LogP contribution is -2.14. The molecule has 2 N–H and O–H groups in total. The maximum atomic E-state index is 9.26. The molecule has 0 fully saturated rings. The van der Waals surface area contributed by atoms with E-state index < -0.39 is 0 Å². The van der Waals surface area contributed by atoms with E-state index in [1.54, 1.807) is 0 Å². The highest BCUT2D eigenvalue weighted by molar-refractivity contribution is 5.26. The van der Waals surface area contributed by atoms with Crippen LogP contribution in [0.4, 0.5) is 0 Å². The predicted molar refractivity (Wildman–Crippen MR) is 78.7 cm³/mol. The molecule has 0 aliphatic heterocycles. The maximum absolute atomic E-state index is 9.26. The number of aryl methyl sites for hydroxylation is 1. The van der Waals surface area contributed by atoms with Crippen LogP contribution in [0.15, 0.2) is 48.5 Å². The van der Waals surface area contributed by atoms with Crippen molar-refractivity contribution in [2.45, 2.75) is 33.0 Å². The Balaban J connectivity index is 1.88. The fraction of sp³-hybridized carbons (Fsp3) is 0.294. The van der Waals surface area contributed by atoms with Gasteiger partial charge in [-0.15, -0.1) is 0 Å². The summed E-state index contributed by atoms with van der Waals surface area (Å²) in [4.78, 5) is 0. The van der Waals surface area contributed by atoms with Gasteiger partial charge in [0.2, 0.25) is 0 Å². The van der Waals surface area contributed by atoms with E-state index >= 15 is 0 Å². The highest BCUT2D eigenvalue weighted by Crippen LogP contribution is 2.09. The summed E-state index contributed by atoms with van der Waals surface area (Å²) in [6.07, 6.45) is 1.08. The molecule has 2 heteroatoms. The molecule has 0 saturated heterocycles. The Morgan fingerprint density at radius 2 is 1.47 bits per heavy atom. The van der Waals surface area contributed by atoms with Crippen LogP contribution in [-0.4, -0.2) is 5.11 Å². The Hall–Kier alpha value is -1.64. The number of rotatable bonds is 6. The first-order chi connectivity index (χ1) is 9.33. The maximum Gasteiger partial charge on any atom is 0.0685 e.